The van der Waals surface area contributed by atoms with Crippen molar-refractivity contribution >= 4 is 29.1 Å². The molecule has 8 nitrogen and oxygen atoms in total. The Morgan fingerprint density at radius 1 is 1.68 bits per heavy atom. The second kappa shape index (κ2) is 5.37. The fourth-order valence-corrected chi connectivity index (χ4v) is 2.18. The Balaban J connectivity index is 2.34. The zero-order valence-electron chi connectivity index (χ0n) is 9.74. The van der Waals surface area contributed by atoms with Gasteiger partial charge in [0.05, 0.1) is 9.95 Å². The predicted octanol–water partition coefficient (Wildman–Crippen LogP) is 0.506. The molecule has 9 heteroatoms. The largest absolute Gasteiger partial charge is 0.480 e. The van der Waals surface area contributed by atoms with Gasteiger partial charge in [-0.05, 0) is 0 Å². The first-order chi connectivity index (χ1) is 9.00. The maximum atomic E-state index is 11.2. The van der Waals surface area contributed by atoms with E-state index in [1.54, 1.807) is 0 Å². The fourth-order valence-electron chi connectivity index (χ4n) is 1.91. The van der Waals surface area contributed by atoms with Gasteiger partial charge in [-0.25, -0.2) is 9.78 Å². The van der Waals surface area contributed by atoms with Crippen LogP contribution in [-0.4, -0.2) is 46.7 Å². The summed E-state index contributed by atoms with van der Waals surface area (Å²) >= 11 is 5.95. The first kappa shape index (κ1) is 13.5. The van der Waals surface area contributed by atoms with Crippen LogP contribution in [0.1, 0.15) is 0 Å². The summed E-state index contributed by atoms with van der Waals surface area (Å²) in [4.78, 5) is 26.6. The molecular formula is C10H11ClN4O4. The Kier molecular flexibility index (Phi) is 3.82. The number of carboxylic acid groups (broad SMARTS) is 1. The molecular weight excluding hydrogens is 276 g/mol. The van der Waals surface area contributed by atoms with Crippen molar-refractivity contribution in [2.75, 3.05) is 24.5 Å². The van der Waals surface area contributed by atoms with Crippen molar-refractivity contribution in [3.8, 4) is 0 Å². The number of halogens is 1. The lowest BCUT2D eigenvalue weighted by Crippen LogP contribution is -2.55. The van der Waals surface area contributed by atoms with Gasteiger partial charge in [0.15, 0.2) is 0 Å². The van der Waals surface area contributed by atoms with Crippen molar-refractivity contribution in [2.45, 2.75) is 6.04 Å². The summed E-state index contributed by atoms with van der Waals surface area (Å²) in [5.74, 6) is -0.746. The van der Waals surface area contributed by atoms with Gasteiger partial charge in [-0.3, -0.25) is 10.1 Å². The standard InChI is InChI=1S/C10H11ClN4O4/c11-7-3-6(15(18)19)4-13-9(7)14-2-1-12-5-8(14)10(16)17/h3-4,8,12H,1-2,5H2,(H,16,17). The third-order valence-electron chi connectivity index (χ3n) is 2.82. The maximum absolute atomic E-state index is 11.2. The monoisotopic (exact) mass is 286 g/mol. The molecule has 19 heavy (non-hydrogen) atoms. The van der Waals surface area contributed by atoms with Crippen LogP contribution in [0.25, 0.3) is 0 Å². The van der Waals surface area contributed by atoms with Gasteiger partial charge < -0.3 is 15.3 Å². The van der Waals surface area contributed by atoms with E-state index in [4.69, 9.17) is 16.7 Å². The highest BCUT2D eigenvalue weighted by Crippen LogP contribution is 2.28. The molecule has 1 aromatic rings. The molecule has 0 aliphatic carbocycles. The molecule has 1 aliphatic heterocycles. The van der Waals surface area contributed by atoms with E-state index in [2.05, 4.69) is 10.3 Å². The Morgan fingerprint density at radius 3 is 3.00 bits per heavy atom. The average molecular weight is 287 g/mol. The van der Waals surface area contributed by atoms with E-state index in [0.29, 0.717) is 13.1 Å². The number of carboxylic acids is 1. The number of hydrogen-bond donors (Lipinski definition) is 2. The first-order valence-electron chi connectivity index (χ1n) is 5.51. The van der Waals surface area contributed by atoms with Crippen LogP contribution >= 0.6 is 11.6 Å². The van der Waals surface area contributed by atoms with Crippen LogP contribution in [0.3, 0.4) is 0 Å². The minimum atomic E-state index is -0.997. The second-order valence-corrected chi connectivity index (χ2v) is 4.41. The van der Waals surface area contributed by atoms with Crippen LogP contribution in [0.2, 0.25) is 5.02 Å². The van der Waals surface area contributed by atoms with E-state index in [0.717, 1.165) is 6.20 Å². The molecule has 2 N–H and O–H groups in total. The number of anilines is 1. The van der Waals surface area contributed by atoms with Crippen LogP contribution in [0.5, 0.6) is 0 Å². The fraction of sp³-hybridized carbons (Fsp3) is 0.400. The Morgan fingerprint density at radius 2 is 2.42 bits per heavy atom. The predicted molar refractivity (Wildman–Crippen MR) is 67.5 cm³/mol. The Hall–Kier alpha value is -1.93. The smallest absolute Gasteiger partial charge is 0.327 e. The number of carbonyl (C=O) groups is 1. The lowest BCUT2D eigenvalue weighted by molar-refractivity contribution is -0.385. The molecule has 1 aromatic heterocycles. The highest BCUT2D eigenvalue weighted by atomic mass is 35.5. The van der Waals surface area contributed by atoms with Crippen molar-refractivity contribution in [1.82, 2.24) is 10.3 Å². The quantitative estimate of drug-likeness (QED) is 0.615. The molecule has 1 unspecified atom stereocenters. The van der Waals surface area contributed by atoms with E-state index >= 15 is 0 Å². The number of nitro groups is 1. The van der Waals surface area contributed by atoms with Gasteiger partial charge in [-0.15, -0.1) is 0 Å². The zero-order chi connectivity index (χ0) is 14.0. The SMILES string of the molecule is O=C(O)C1CNCCN1c1ncc([N+](=O)[O-])cc1Cl. The Bertz CT molecular complexity index is 524. The highest BCUT2D eigenvalue weighted by Gasteiger charge is 2.31. The van der Waals surface area contributed by atoms with Crippen LogP contribution in [0, 0.1) is 10.1 Å². The molecule has 2 rings (SSSR count). The van der Waals surface area contributed by atoms with Crippen molar-refractivity contribution in [3.63, 3.8) is 0 Å². The van der Waals surface area contributed by atoms with Crippen LogP contribution in [0.15, 0.2) is 12.3 Å². The molecule has 2 heterocycles. The number of nitrogens with zero attached hydrogens (tertiary/aromatic N) is 3. The number of aliphatic carboxylic acids is 1. The molecule has 0 aromatic carbocycles. The van der Waals surface area contributed by atoms with Crippen molar-refractivity contribution in [1.29, 1.82) is 0 Å². The number of aromatic nitrogens is 1. The van der Waals surface area contributed by atoms with E-state index < -0.39 is 16.9 Å². The van der Waals surface area contributed by atoms with Gasteiger partial charge in [0, 0.05) is 25.7 Å². The number of nitrogens with one attached hydrogen (secondary N) is 1. The summed E-state index contributed by atoms with van der Waals surface area (Å²) in [5.41, 5.74) is -0.226. The minimum Gasteiger partial charge on any atom is -0.480 e. The minimum absolute atomic E-state index is 0.0716. The van der Waals surface area contributed by atoms with Gasteiger partial charge in [0.2, 0.25) is 0 Å². The third-order valence-corrected chi connectivity index (χ3v) is 3.10. The highest BCUT2D eigenvalue weighted by molar-refractivity contribution is 6.33. The summed E-state index contributed by atoms with van der Waals surface area (Å²) < 4.78 is 0. The molecule has 0 bridgehead atoms. The molecule has 0 radical (unpaired) electrons. The zero-order valence-corrected chi connectivity index (χ0v) is 10.5. The van der Waals surface area contributed by atoms with Crippen molar-refractivity contribution in [2.24, 2.45) is 0 Å². The number of rotatable bonds is 3. The normalized spacial score (nSPS) is 19.2. The average Bonchev–Trinajstić information content (AvgIpc) is 2.38. The summed E-state index contributed by atoms with van der Waals surface area (Å²) in [6.45, 7) is 1.28. The second-order valence-electron chi connectivity index (χ2n) is 4.01. The number of piperazine rings is 1. The molecule has 0 amide bonds. The Labute approximate surface area is 113 Å². The molecule has 102 valence electrons. The van der Waals surface area contributed by atoms with Gasteiger partial charge in [0.1, 0.15) is 18.1 Å². The molecule has 0 saturated carbocycles. The summed E-state index contributed by atoms with van der Waals surface area (Å²) in [7, 11) is 0. The van der Waals surface area contributed by atoms with E-state index in [1.165, 1.54) is 11.0 Å². The number of hydrogen-bond acceptors (Lipinski definition) is 6. The third kappa shape index (κ3) is 2.74. The summed E-state index contributed by atoms with van der Waals surface area (Å²) in [6.07, 6.45) is 1.07. The van der Waals surface area contributed by atoms with Crippen LogP contribution in [-0.2, 0) is 4.79 Å². The summed E-state index contributed by atoms with van der Waals surface area (Å²) in [5, 5.41) is 22.8. The van der Waals surface area contributed by atoms with Crippen molar-refractivity contribution in [3.05, 3.63) is 27.4 Å². The first-order valence-corrected chi connectivity index (χ1v) is 5.88. The molecule has 1 saturated heterocycles. The molecule has 1 aliphatic rings. The summed E-state index contributed by atoms with van der Waals surface area (Å²) in [6, 6.07) is 0.380. The van der Waals surface area contributed by atoms with E-state index in [-0.39, 0.29) is 23.1 Å². The molecule has 1 atom stereocenters. The van der Waals surface area contributed by atoms with E-state index in [1.807, 2.05) is 0 Å². The molecule has 1 fully saturated rings. The lowest BCUT2D eigenvalue weighted by atomic mass is 10.2. The number of pyridine rings is 1. The topological polar surface area (TPSA) is 109 Å². The van der Waals surface area contributed by atoms with Gasteiger partial charge in [0.25, 0.3) is 5.69 Å². The lowest BCUT2D eigenvalue weighted by Gasteiger charge is -2.34. The van der Waals surface area contributed by atoms with Crippen LogP contribution in [0.4, 0.5) is 11.5 Å². The molecule has 0 spiro atoms. The van der Waals surface area contributed by atoms with Gasteiger partial charge in [-0.2, -0.15) is 0 Å². The van der Waals surface area contributed by atoms with Crippen molar-refractivity contribution < 1.29 is 14.8 Å². The maximum Gasteiger partial charge on any atom is 0.327 e. The van der Waals surface area contributed by atoms with Gasteiger partial charge in [-0.1, -0.05) is 11.6 Å². The van der Waals surface area contributed by atoms with Gasteiger partial charge >= 0.3 is 5.97 Å². The van der Waals surface area contributed by atoms with E-state index in [9.17, 15) is 14.9 Å². The van der Waals surface area contributed by atoms with Crippen LogP contribution < -0.4 is 10.2 Å².